The lowest BCUT2D eigenvalue weighted by Gasteiger charge is -2.20. The third-order valence-electron chi connectivity index (χ3n) is 3.53. The van der Waals surface area contributed by atoms with Gasteiger partial charge in [0.1, 0.15) is 0 Å². The third-order valence-corrected chi connectivity index (χ3v) is 4.32. The van der Waals surface area contributed by atoms with Crippen molar-refractivity contribution in [2.24, 2.45) is 5.41 Å². The van der Waals surface area contributed by atoms with Crippen LogP contribution < -0.4 is 10.6 Å². The van der Waals surface area contributed by atoms with Crippen molar-refractivity contribution in [3.63, 3.8) is 0 Å². The molecule has 2 amide bonds. The molecule has 0 fully saturated rings. The Labute approximate surface area is 146 Å². The molecule has 1 heterocycles. The van der Waals surface area contributed by atoms with E-state index >= 15 is 0 Å². The fourth-order valence-corrected chi connectivity index (χ4v) is 2.73. The van der Waals surface area contributed by atoms with Crippen LogP contribution in [0.5, 0.6) is 0 Å². The molecule has 2 rings (SSSR count). The van der Waals surface area contributed by atoms with Crippen LogP contribution in [0.1, 0.15) is 54.8 Å². The molecule has 0 bridgehead atoms. The summed E-state index contributed by atoms with van der Waals surface area (Å²) in [6, 6.07) is 6.80. The summed E-state index contributed by atoms with van der Waals surface area (Å²) < 4.78 is 0. The van der Waals surface area contributed by atoms with Crippen molar-refractivity contribution in [3.8, 4) is 0 Å². The van der Waals surface area contributed by atoms with Crippen molar-refractivity contribution >= 4 is 28.8 Å². The monoisotopic (exact) mass is 345 g/mol. The quantitative estimate of drug-likeness (QED) is 0.882. The lowest BCUT2D eigenvalue weighted by atomic mass is 9.95. The number of hydrogen-bond acceptors (Lipinski definition) is 4. The van der Waals surface area contributed by atoms with Gasteiger partial charge in [0, 0.05) is 10.8 Å². The molecule has 2 N–H and O–H groups in total. The summed E-state index contributed by atoms with van der Waals surface area (Å²) in [6.07, 6.45) is 0. The smallest absolute Gasteiger partial charge is 0.253 e. The molecule has 128 valence electrons. The Bertz CT molecular complexity index is 747. The van der Waals surface area contributed by atoms with Crippen molar-refractivity contribution in [3.05, 3.63) is 45.9 Å². The molecule has 0 aliphatic carbocycles. The highest BCUT2D eigenvalue weighted by Gasteiger charge is 2.23. The molecule has 5 nitrogen and oxygen atoms in total. The van der Waals surface area contributed by atoms with E-state index in [9.17, 15) is 9.59 Å². The van der Waals surface area contributed by atoms with E-state index in [-0.39, 0.29) is 17.9 Å². The molecule has 1 atom stereocenters. The predicted octanol–water partition coefficient (Wildman–Crippen LogP) is 3.93. The van der Waals surface area contributed by atoms with Gasteiger partial charge in [-0.2, -0.15) is 0 Å². The average Bonchev–Trinajstić information content (AvgIpc) is 2.93. The molecule has 1 aromatic carbocycles. The van der Waals surface area contributed by atoms with Gasteiger partial charge in [-0.15, -0.1) is 11.3 Å². The van der Waals surface area contributed by atoms with Crippen LogP contribution in [0.3, 0.4) is 0 Å². The molecule has 1 aromatic heterocycles. The Morgan fingerprint density at radius 2 is 1.88 bits per heavy atom. The number of rotatable bonds is 4. The Balaban J connectivity index is 2.16. The molecule has 0 spiro atoms. The summed E-state index contributed by atoms with van der Waals surface area (Å²) in [4.78, 5) is 29.2. The molecule has 0 unspecified atom stereocenters. The summed E-state index contributed by atoms with van der Waals surface area (Å²) in [5.74, 6) is -0.371. The second-order valence-corrected chi connectivity index (χ2v) is 7.80. The maximum absolute atomic E-state index is 12.6. The van der Waals surface area contributed by atoms with Gasteiger partial charge in [0.15, 0.2) is 0 Å². The molecule has 2 aromatic rings. The van der Waals surface area contributed by atoms with Gasteiger partial charge in [-0.25, -0.2) is 4.98 Å². The van der Waals surface area contributed by atoms with E-state index in [1.165, 1.54) is 0 Å². The number of thiazole rings is 1. The number of para-hydroxylation sites is 1. The lowest BCUT2D eigenvalue weighted by molar-refractivity contribution is -0.123. The van der Waals surface area contributed by atoms with Crippen LogP contribution in [0, 0.1) is 12.3 Å². The topological polar surface area (TPSA) is 71.1 Å². The van der Waals surface area contributed by atoms with Crippen molar-refractivity contribution in [2.45, 2.75) is 40.7 Å². The normalized spacial score (nSPS) is 12.5. The highest BCUT2D eigenvalue weighted by molar-refractivity contribution is 7.09. The number of carbonyl (C=O) groups excluding carboxylic acids is 2. The van der Waals surface area contributed by atoms with E-state index < -0.39 is 5.41 Å². The lowest BCUT2D eigenvalue weighted by Crippen LogP contribution is -2.31. The van der Waals surface area contributed by atoms with Crippen LogP contribution in [0.2, 0.25) is 0 Å². The molecule has 0 radical (unpaired) electrons. The van der Waals surface area contributed by atoms with E-state index in [2.05, 4.69) is 15.6 Å². The van der Waals surface area contributed by atoms with Crippen LogP contribution in [-0.4, -0.2) is 16.8 Å². The fourth-order valence-electron chi connectivity index (χ4n) is 2.03. The molecule has 0 aliphatic rings. The van der Waals surface area contributed by atoms with Crippen molar-refractivity contribution in [1.82, 2.24) is 10.3 Å². The Kier molecular flexibility index (Phi) is 5.39. The van der Waals surface area contributed by atoms with Gasteiger partial charge < -0.3 is 10.6 Å². The SMILES string of the molecule is Cc1nc([C@@H](C)NC(=O)c2ccccc2NC(=O)C(C)(C)C)cs1. The van der Waals surface area contributed by atoms with Gasteiger partial charge in [0.05, 0.1) is 28.0 Å². The first kappa shape index (κ1) is 18.1. The van der Waals surface area contributed by atoms with Crippen molar-refractivity contribution in [2.75, 3.05) is 5.32 Å². The van der Waals surface area contributed by atoms with Crippen molar-refractivity contribution < 1.29 is 9.59 Å². The summed E-state index contributed by atoms with van der Waals surface area (Å²) in [5.41, 5.74) is 1.25. The summed E-state index contributed by atoms with van der Waals surface area (Å²) in [5, 5.41) is 8.67. The van der Waals surface area contributed by atoms with Crippen LogP contribution in [0.25, 0.3) is 0 Å². The van der Waals surface area contributed by atoms with Gasteiger partial charge >= 0.3 is 0 Å². The molecule has 24 heavy (non-hydrogen) atoms. The highest BCUT2D eigenvalue weighted by atomic mass is 32.1. The zero-order chi connectivity index (χ0) is 17.9. The highest BCUT2D eigenvalue weighted by Crippen LogP contribution is 2.22. The number of aryl methyl sites for hydroxylation is 1. The molecular formula is C18H23N3O2S. The van der Waals surface area contributed by atoms with E-state index in [1.807, 2.05) is 40.0 Å². The molecule has 0 aliphatic heterocycles. The van der Waals surface area contributed by atoms with Gasteiger partial charge in [0.25, 0.3) is 5.91 Å². The first-order valence-electron chi connectivity index (χ1n) is 7.82. The maximum atomic E-state index is 12.6. The van der Waals surface area contributed by atoms with Gasteiger partial charge in [-0.05, 0) is 26.0 Å². The second-order valence-electron chi connectivity index (χ2n) is 6.74. The van der Waals surface area contributed by atoms with E-state index in [1.54, 1.807) is 35.6 Å². The minimum Gasteiger partial charge on any atom is -0.344 e. The summed E-state index contributed by atoms with van der Waals surface area (Å²) >= 11 is 1.55. The third kappa shape index (κ3) is 4.41. The predicted molar refractivity (Wildman–Crippen MR) is 97.3 cm³/mol. The number of benzene rings is 1. The van der Waals surface area contributed by atoms with Gasteiger partial charge in [-0.1, -0.05) is 32.9 Å². The number of nitrogens with zero attached hydrogens (tertiary/aromatic N) is 1. The minimum absolute atomic E-state index is 0.133. The Morgan fingerprint density at radius 3 is 2.46 bits per heavy atom. The second kappa shape index (κ2) is 7.13. The first-order chi connectivity index (χ1) is 11.2. The van der Waals surface area contributed by atoms with Crippen molar-refractivity contribution in [1.29, 1.82) is 0 Å². The molecule has 6 heteroatoms. The largest absolute Gasteiger partial charge is 0.344 e. The summed E-state index contributed by atoms with van der Waals surface area (Å²) in [7, 11) is 0. The van der Waals surface area contributed by atoms with Crippen LogP contribution in [-0.2, 0) is 4.79 Å². The number of aromatic nitrogens is 1. The maximum Gasteiger partial charge on any atom is 0.253 e. The van der Waals surface area contributed by atoms with Gasteiger partial charge in [-0.3, -0.25) is 9.59 Å². The first-order valence-corrected chi connectivity index (χ1v) is 8.70. The zero-order valence-electron chi connectivity index (χ0n) is 14.6. The van der Waals surface area contributed by atoms with Crippen LogP contribution in [0.15, 0.2) is 29.6 Å². The minimum atomic E-state index is -0.533. The standard InChI is InChI=1S/C18H23N3O2S/c1-11(15-10-24-12(2)20-15)19-16(22)13-8-6-7-9-14(13)21-17(23)18(3,4)5/h6-11H,1-5H3,(H,19,22)(H,21,23)/t11-/m1/s1. The molecule has 0 saturated heterocycles. The summed E-state index contributed by atoms with van der Waals surface area (Å²) in [6.45, 7) is 9.32. The number of hydrogen-bond donors (Lipinski definition) is 2. The number of anilines is 1. The van der Waals surface area contributed by atoms with E-state index in [0.29, 0.717) is 11.3 Å². The number of amides is 2. The zero-order valence-corrected chi connectivity index (χ0v) is 15.5. The number of nitrogens with one attached hydrogen (secondary N) is 2. The molecule has 0 saturated carbocycles. The van der Waals surface area contributed by atoms with E-state index in [4.69, 9.17) is 0 Å². The fraction of sp³-hybridized carbons (Fsp3) is 0.389. The average molecular weight is 345 g/mol. The van der Waals surface area contributed by atoms with Crippen LogP contribution >= 0.6 is 11.3 Å². The Hall–Kier alpha value is -2.21. The number of carbonyl (C=O) groups is 2. The van der Waals surface area contributed by atoms with Crippen LogP contribution in [0.4, 0.5) is 5.69 Å². The molecular weight excluding hydrogens is 322 g/mol. The Morgan fingerprint density at radius 1 is 1.21 bits per heavy atom. The van der Waals surface area contributed by atoms with Gasteiger partial charge in [0.2, 0.25) is 5.91 Å². The van der Waals surface area contributed by atoms with E-state index in [0.717, 1.165) is 10.7 Å².